The van der Waals surface area contributed by atoms with E-state index in [9.17, 15) is 9.59 Å². The predicted octanol–water partition coefficient (Wildman–Crippen LogP) is 4.23. The average molecular weight is 557 g/mol. The standard InChI is InChI=1S/C27H29BrN2O6/c1-3-35-21-7-5-17(15-22(21)33-2)24-23-25(31)19-16-18(28)6-8-20(19)36-26(23)27(32)30(24)10-4-9-29-11-13-34-14-12-29/h5-8,15-16,24H,3-4,9-14H2,1-2H3. The highest BCUT2D eigenvalue weighted by molar-refractivity contribution is 9.10. The Bertz CT molecular complexity index is 1330. The fraction of sp³-hybridized carbons (Fsp3) is 0.407. The molecule has 5 rings (SSSR count). The van der Waals surface area contributed by atoms with Crippen LogP contribution in [0.2, 0.25) is 0 Å². The van der Waals surface area contributed by atoms with Crippen LogP contribution in [0, 0.1) is 0 Å². The Hall–Kier alpha value is -2.88. The van der Waals surface area contributed by atoms with E-state index in [1.165, 1.54) is 0 Å². The molecule has 1 fully saturated rings. The van der Waals surface area contributed by atoms with Crippen molar-refractivity contribution >= 4 is 32.8 Å². The number of morpholine rings is 1. The van der Waals surface area contributed by atoms with Gasteiger partial charge in [-0.1, -0.05) is 22.0 Å². The van der Waals surface area contributed by atoms with Crippen molar-refractivity contribution in [2.75, 3.05) is 53.1 Å². The second-order valence-corrected chi connectivity index (χ2v) is 9.78. The molecule has 0 saturated carbocycles. The number of carbonyl (C=O) groups is 1. The SMILES string of the molecule is CCOc1ccc(C2c3c(oc4ccc(Br)cc4c3=O)C(=O)N2CCCN2CCOCC2)cc1OC. The first-order valence-corrected chi connectivity index (χ1v) is 13.0. The summed E-state index contributed by atoms with van der Waals surface area (Å²) in [4.78, 5) is 31.5. The molecule has 2 aliphatic heterocycles. The van der Waals surface area contributed by atoms with Crippen LogP contribution in [0.3, 0.4) is 0 Å². The summed E-state index contributed by atoms with van der Waals surface area (Å²) in [5, 5.41) is 0.439. The lowest BCUT2D eigenvalue weighted by Crippen LogP contribution is -2.38. The normalized spacial score (nSPS) is 18.0. The van der Waals surface area contributed by atoms with Crippen LogP contribution in [0.25, 0.3) is 11.0 Å². The molecule has 0 bridgehead atoms. The van der Waals surface area contributed by atoms with Gasteiger partial charge in [-0.05, 0) is 49.2 Å². The van der Waals surface area contributed by atoms with Crippen molar-refractivity contribution < 1.29 is 23.4 Å². The number of carbonyl (C=O) groups excluding carboxylic acids is 1. The van der Waals surface area contributed by atoms with Crippen molar-refractivity contribution in [2.24, 2.45) is 0 Å². The van der Waals surface area contributed by atoms with Crippen molar-refractivity contribution in [3.8, 4) is 11.5 Å². The van der Waals surface area contributed by atoms with Gasteiger partial charge in [0.05, 0.1) is 43.9 Å². The maximum Gasteiger partial charge on any atom is 0.290 e. The van der Waals surface area contributed by atoms with E-state index in [4.69, 9.17) is 18.6 Å². The highest BCUT2D eigenvalue weighted by Crippen LogP contribution is 2.41. The van der Waals surface area contributed by atoms with E-state index in [2.05, 4.69) is 20.8 Å². The third-order valence-electron chi connectivity index (χ3n) is 6.71. The Kier molecular flexibility index (Phi) is 7.32. The predicted molar refractivity (Wildman–Crippen MR) is 139 cm³/mol. The van der Waals surface area contributed by atoms with Crippen LogP contribution in [-0.4, -0.2) is 68.8 Å². The summed E-state index contributed by atoms with van der Waals surface area (Å²) in [6, 6.07) is 10.2. The maximum absolute atomic E-state index is 13.8. The molecule has 1 unspecified atom stereocenters. The highest BCUT2D eigenvalue weighted by atomic mass is 79.9. The average Bonchev–Trinajstić information content (AvgIpc) is 3.17. The number of hydrogen-bond donors (Lipinski definition) is 0. The second-order valence-electron chi connectivity index (χ2n) is 8.87. The monoisotopic (exact) mass is 556 g/mol. The molecule has 190 valence electrons. The van der Waals surface area contributed by atoms with Crippen molar-refractivity contribution in [1.29, 1.82) is 0 Å². The van der Waals surface area contributed by atoms with E-state index in [1.807, 2.05) is 25.1 Å². The van der Waals surface area contributed by atoms with Crippen molar-refractivity contribution in [3.63, 3.8) is 0 Å². The molecular weight excluding hydrogens is 528 g/mol. The number of rotatable bonds is 8. The lowest BCUT2D eigenvalue weighted by Gasteiger charge is -2.29. The summed E-state index contributed by atoms with van der Waals surface area (Å²) in [6.45, 7) is 6.95. The van der Waals surface area contributed by atoms with Crippen LogP contribution in [-0.2, 0) is 4.74 Å². The van der Waals surface area contributed by atoms with Gasteiger partial charge in [0.25, 0.3) is 5.91 Å². The number of benzene rings is 2. The van der Waals surface area contributed by atoms with Crippen LogP contribution in [0.4, 0.5) is 0 Å². The van der Waals surface area contributed by atoms with Crippen molar-refractivity contribution in [2.45, 2.75) is 19.4 Å². The number of halogens is 1. The summed E-state index contributed by atoms with van der Waals surface area (Å²) in [5.41, 5.74) is 1.33. The summed E-state index contributed by atoms with van der Waals surface area (Å²) in [5.74, 6) is 1.00. The summed E-state index contributed by atoms with van der Waals surface area (Å²) in [7, 11) is 1.58. The Balaban J connectivity index is 1.56. The molecule has 2 aromatic carbocycles. The molecule has 0 radical (unpaired) electrons. The van der Waals surface area contributed by atoms with E-state index in [1.54, 1.807) is 30.2 Å². The molecule has 1 atom stereocenters. The first kappa shape index (κ1) is 24.8. The molecule has 1 amide bonds. The van der Waals surface area contributed by atoms with Gasteiger partial charge < -0.3 is 23.5 Å². The largest absolute Gasteiger partial charge is 0.493 e. The molecule has 0 spiro atoms. The molecule has 0 aliphatic carbocycles. The zero-order chi connectivity index (χ0) is 25.2. The van der Waals surface area contributed by atoms with Gasteiger partial charge in [-0.15, -0.1) is 0 Å². The summed E-state index contributed by atoms with van der Waals surface area (Å²) in [6.07, 6.45) is 0.768. The number of ether oxygens (including phenoxy) is 3. The molecule has 3 aromatic rings. The van der Waals surface area contributed by atoms with Gasteiger partial charge >= 0.3 is 0 Å². The van der Waals surface area contributed by atoms with Crippen molar-refractivity contribution in [3.05, 3.63) is 68.0 Å². The lowest BCUT2D eigenvalue weighted by atomic mass is 9.98. The van der Waals surface area contributed by atoms with E-state index < -0.39 is 6.04 Å². The molecule has 36 heavy (non-hydrogen) atoms. The van der Waals surface area contributed by atoms with Crippen LogP contribution < -0.4 is 14.9 Å². The minimum Gasteiger partial charge on any atom is -0.493 e. The second kappa shape index (κ2) is 10.6. The zero-order valence-electron chi connectivity index (χ0n) is 20.4. The van der Waals surface area contributed by atoms with E-state index in [0.717, 1.165) is 49.3 Å². The molecule has 8 nitrogen and oxygen atoms in total. The van der Waals surface area contributed by atoms with Gasteiger partial charge in [-0.25, -0.2) is 0 Å². The molecule has 0 N–H and O–H groups in total. The first-order chi connectivity index (χ1) is 17.5. The Morgan fingerprint density at radius 1 is 1.06 bits per heavy atom. The van der Waals surface area contributed by atoms with Crippen molar-refractivity contribution in [1.82, 2.24) is 9.80 Å². The Morgan fingerprint density at radius 3 is 2.61 bits per heavy atom. The third kappa shape index (κ3) is 4.63. The highest BCUT2D eigenvalue weighted by Gasteiger charge is 2.42. The van der Waals surface area contributed by atoms with Crippen LogP contribution >= 0.6 is 15.9 Å². The van der Waals surface area contributed by atoms with Gasteiger partial charge in [0.2, 0.25) is 5.76 Å². The molecule has 1 saturated heterocycles. The van der Waals surface area contributed by atoms with Crippen LogP contribution in [0.5, 0.6) is 11.5 Å². The maximum atomic E-state index is 13.8. The van der Waals surface area contributed by atoms with Gasteiger partial charge in [-0.2, -0.15) is 0 Å². The molecular formula is C27H29BrN2O6. The number of hydrogen-bond acceptors (Lipinski definition) is 7. The number of nitrogens with zero attached hydrogens (tertiary/aromatic N) is 2. The van der Waals surface area contributed by atoms with E-state index >= 15 is 0 Å². The topological polar surface area (TPSA) is 81.5 Å². The quantitative estimate of drug-likeness (QED) is 0.410. The molecule has 2 aliphatic rings. The van der Waals surface area contributed by atoms with E-state index in [0.29, 0.717) is 41.2 Å². The van der Waals surface area contributed by atoms with Gasteiger partial charge in [0.1, 0.15) is 5.58 Å². The smallest absolute Gasteiger partial charge is 0.290 e. The lowest BCUT2D eigenvalue weighted by molar-refractivity contribution is 0.0353. The first-order valence-electron chi connectivity index (χ1n) is 12.2. The zero-order valence-corrected chi connectivity index (χ0v) is 22.0. The molecule has 1 aromatic heterocycles. The van der Waals surface area contributed by atoms with Gasteiger partial charge in [0, 0.05) is 30.7 Å². The third-order valence-corrected chi connectivity index (χ3v) is 7.20. The van der Waals surface area contributed by atoms with E-state index in [-0.39, 0.29) is 17.1 Å². The minimum absolute atomic E-state index is 0.110. The van der Waals surface area contributed by atoms with Gasteiger partial charge in [-0.3, -0.25) is 14.5 Å². The summed E-state index contributed by atoms with van der Waals surface area (Å²) >= 11 is 3.44. The number of methoxy groups -OCH3 is 1. The van der Waals surface area contributed by atoms with Crippen LogP contribution in [0.1, 0.15) is 41.1 Å². The fourth-order valence-corrected chi connectivity index (χ4v) is 5.35. The number of fused-ring (bicyclic) bond motifs is 2. The number of amides is 1. The fourth-order valence-electron chi connectivity index (χ4n) is 4.99. The minimum atomic E-state index is -0.582. The Morgan fingerprint density at radius 2 is 1.86 bits per heavy atom. The van der Waals surface area contributed by atoms with Gasteiger partial charge in [0.15, 0.2) is 16.9 Å². The molecule has 3 heterocycles. The Labute approximate surface area is 217 Å². The molecule has 9 heteroatoms. The van der Waals surface area contributed by atoms with Crippen LogP contribution in [0.15, 0.2) is 50.1 Å². The summed E-state index contributed by atoms with van der Waals surface area (Å²) < 4.78 is 23.5.